The van der Waals surface area contributed by atoms with Crippen LogP contribution in [0.25, 0.3) is 0 Å². The number of hydrogen-bond acceptors (Lipinski definition) is 8. The average Bonchev–Trinajstić information content (AvgIpc) is 2.58. The molecule has 0 bridgehead atoms. The van der Waals surface area contributed by atoms with Gasteiger partial charge in [-0.05, 0) is 47.7 Å². The van der Waals surface area contributed by atoms with Crippen LogP contribution in [0.4, 0.5) is 11.4 Å². The van der Waals surface area contributed by atoms with Gasteiger partial charge < -0.3 is 14.7 Å². The second-order valence-electron chi connectivity index (χ2n) is 4.78. The van der Waals surface area contributed by atoms with E-state index in [-0.39, 0.29) is 17.2 Å². The van der Waals surface area contributed by atoms with Crippen molar-refractivity contribution >= 4 is 40.2 Å². The maximum atomic E-state index is 11.2. The number of benzene rings is 2. The molecular weight excluding hydrogens is 461 g/mol. The van der Waals surface area contributed by atoms with Crippen LogP contribution in [0.5, 0.6) is 17.2 Å². The Balaban J connectivity index is 2.53. The molecule has 0 radical (unpaired) electrons. The molecule has 0 aromatic heterocycles. The fourth-order valence-electron chi connectivity index (χ4n) is 2.05. The van der Waals surface area contributed by atoms with Crippen molar-refractivity contribution < 1.29 is 24.5 Å². The van der Waals surface area contributed by atoms with Crippen LogP contribution in [0.2, 0.25) is 0 Å². The van der Waals surface area contributed by atoms with Crippen molar-refractivity contribution in [1.82, 2.24) is 0 Å². The number of ether oxygens (including phenoxy) is 2. The number of halogens is 1. The number of non-ortho nitro benzene ring substituents is 1. The minimum absolute atomic E-state index is 0.164. The summed E-state index contributed by atoms with van der Waals surface area (Å²) in [4.78, 5) is 20.6. The van der Waals surface area contributed by atoms with E-state index in [0.717, 1.165) is 18.2 Å². The standard InChI is InChI=1S/C15H12IN3O7/c1-2-25-14-6-9(8-17-20)5-11(16)15(14)26-13-4-3-10(18(21)22)7-12(13)19(23)24/h3-8,20H,2H2,1H3/b17-8-. The minimum Gasteiger partial charge on any atom is -0.490 e. The molecule has 0 unspecified atom stereocenters. The first-order valence-corrected chi connectivity index (χ1v) is 8.19. The molecule has 136 valence electrons. The van der Waals surface area contributed by atoms with Crippen LogP contribution in [0.15, 0.2) is 35.5 Å². The Hall–Kier alpha value is -2.96. The lowest BCUT2D eigenvalue weighted by molar-refractivity contribution is -0.394. The molecule has 0 aliphatic carbocycles. The Morgan fingerprint density at radius 1 is 1.19 bits per heavy atom. The molecule has 0 heterocycles. The highest BCUT2D eigenvalue weighted by Crippen LogP contribution is 2.41. The molecule has 0 amide bonds. The smallest absolute Gasteiger partial charge is 0.318 e. The molecule has 1 N–H and O–H groups in total. The Labute approximate surface area is 160 Å². The summed E-state index contributed by atoms with van der Waals surface area (Å²) >= 11 is 1.94. The summed E-state index contributed by atoms with van der Waals surface area (Å²) in [6.07, 6.45) is 1.20. The molecule has 10 nitrogen and oxygen atoms in total. The van der Waals surface area contributed by atoms with E-state index < -0.39 is 21.2 Å². The Bertz CT molecular complexity index is 886. The number of nitrogens with zero attached hydrogens (tertiary/aromatic N) is 3. The normalized spacial score (nSPS) is 10.7. The monoisotopic (exact) mass is 473 g/mol. The zero-order chi connectivity index (χ0) is 19.3. The lowest BCUT2D eigenvalue weighted by Gasteiger charge is -2.14. The van der Waals surface area contributed by atoms with Gasteiger partial charge in [-0.2, -0.15) is 0 Å². The maximum Gasteiger partial charge on any atom is 0.318 e. The zero-order valence-electron chi connectivity index (χ0n) is 13.3. The molecule has 2 aromatic rings. The van der Waals surface area contributed by atoms with Crippen molar-refractivity contribution in [2.45, 2.75) is 6.92 Å². The molecule has 0 aliphatic rings. The van der Waals surface area contributed by atoms with Gasteiger partial charge >= 0.3 is 5.69 Å². The SMILES string of the molecule is CCOc1cc(/C=N\O)cc(I)c1Oc1ccc([N+](=O)[O-])cc1[N+](=O)[O-]. The molecule has 11 heteroatoms. The highest BCUT2D eigenvalue weighted by Gasteiger charge is 2.23. The summed E-state index contributed by atoms with van der Waals surface area (Å²) in [5.41, 5.74) is -0.428. The number of hydrogen-bond donors (Lipinski definition) is 1. The quantitative estimate of drug-likeness (QED) is 0.210. The van der Waals surface area contributed by atoms with Gasteiger partial charge in [-0.25, -0.2) is 0 Å². The summed E-state index contributed by atoms with van der Waals surface area (Å²) in [7, 11) is 0. The second kappa shape index (κ2) is 8.42. The van der Waals surface area contributed by atoms with E-state index in [0.29, 0.717) is 15.7 Å². The van der Waals surface area contributed by atoms with Crippen LogP contribution in [-0.2, 0) is 0 Å². The number of nitro groups is 2. The van der Waals surface area contributed by atoms with Gasteiger partial charge in [-0.1, -0.05) is 5.16 Å². The Morgan fingerprint density at radius 3 is 2.50 bits per heavy atom. The highest BCUT2D eigenvalue weighted by molar-refractivity contribution is 14.1. The van der Waals surface area contributed by atoms with Crippen LogP contribution in [0.3, 0.4) is 0 Å². The summed E-state index contributed by atoms with van der Waals surface area (Å²) in [5, 5.41) is 33.7. The van der Waals surface area contributed by atoms with Gasteiger partial charge in [0, 0.05) is 11.6 Å². The fraction of sp³-hybridized carbons (Fsp3) is 0.133. The van der Waals surface area contributed by atoms with Crippen LogP contribution in [0.1, 0.15) is 12.5 Å². The zero-order valence-corrected chi connectivity index (χ0v) is 15.4. The van der Waals surface area contributed by atoms with Crippen LogP contribution >= 0.6 is 22.6 Å². The average molecular weight is 473 g/mol. The van der Waals surface area contributed by atoms with Gasteiger partial charge in [0.25, 0.3) is 5.69 Å². The van der Waals surface area contributed by atoms with E-state index in [1.165, 1.54) is 12.3 Å². The minimum atomic E-state index is -0.762. The van der Waals surface area contributed by atoms with E-state index in [1.807, 2.05) is 22.6 Å². The van der Waals surface area contributed by atoms with Gasteiger partial charge in [-0.15, -0.1) is 0 Å². The molecule has 0 fully saturated rings. The molecule has 2 rings (SSSR count). The first-order chi connectivity index (χ1) is 12.4. The fourth-order valence-corrected chi connectivity index (χ4v) is 2.78. The maximum absolute atomic E-state index is 11.2. The van der Waals surface area contributed by atoms with Crippen molar-refractivity contribution in [3.05, 3.63) is 59.7 Å². The van der Waals surface area contributed by atoms with Gasteiger partial charge in [-0.3, -0.25) is 20.2 Å². The van der Waals surface area contributed by atoms with Crippen molar-refractivity contribution in [1.29, 1.82) is 0 Å². The summed E-state index contributed by atoms with van der Waals surface area (Å²) in [6, 6.07) is 6.26. The van der Waals surface area contributed by atoms with Crippen LogP contribution in [0, 0.1) is 23.8 Å². The molecule has 2 aromatic carbocycles. The third kappa shape index (κ3) is 4.36. The van der Waals surface area contributed by atoms with Gasteiger partial charge in [0.15, 0.2) is 11.5 Å². The van der Waals surface area contributed by atoms with E-state index in [4.69, 9.17) is 14.7 Å². The lowest BCUT2D eigenvalue weighted by atomic mass is 10.2. The Morgan fingerprint density at radius 2 is 1.92 bits per heavy atom. The molecule has 26 heavy (non-hydrogen) atoms. The van der Waals surface area contributed by atoms with Gasteiger partial charge in [0.1, 0.15) is 0 Å². The van der Waals surface area contributed by atoms with E-state index >= 15 is 0 Å². The summed E-state index contributed by atoms with van der Waals surface area (Å²) in [6.45, 7) is 2.05. The van der Waals surface area contributed by atoms with E-state index in [1.54, 1.807) is 13.0 Å². The highest BCUT2D eigenvalue weighted by atomic mass is 127. The second-order valence-corrected chi connectivity index (χ2v) is 5.94. The van der Waals surface area contributed by atoms with Crippen LogP contribution < -0.4 is 9.47 Å². The molecule has 0 saturated carbocycles. The third-order valence-corrected chi connectivity index (χ3v) is 3.90. The molecule has 0 atom stereocenters. The van der Waals surface area contributed by atoms with E-state index in [2.05, 4.69) is 5.16 Å². The predicted octanol–water partition coefficient (Wildman–Crippen LogP) is 4.11. The van der Waals surface area contributed by atoms with Crippen molar-refractivity contribution in [3.8, 4) is 17.2 Å². The number of nitro benzene ring substituents is 2. The first-order valence-electron chi connectivity index (χ1n) is 7.11. The van der Waals surface area contributed by atoms with Crippen molar-refractivity contribution in [3.63, 3.8) is 0 Å². The third-order valence-electron chi connectivity index (χ3n) is 3.10. The van der Waals surface area contributed by atoms with Crippen molar-refractivity contribution in [2.75, 3.05) is 6.61 Å². The molecule has 0 saturated heterocycles. The lowest BCUT2D eigenvalue weighted by Crippen LogP contribution is -2.01. The first kappa shape index (κ1) is 19.4. The topological polar surface area (TPSA) is 137 Å². The van der Waals surface area contributed by atoms with Gasteiger partial charge in [0.05, 0.1) is 32.3 Å². The number of rotatable bonds is 7. The Kier molecular flexibility index (Phi) is 6.27. The van der Waals surface area contributed by atoms with Gasteiger partial charge in [0.2, 0.25) is 5.75 Å². The van der Waals surface area contributed by atoms with Crippen molar-refractivity contribution in [2.24, 2.45) is 5.16 Å². The predicted molar refractivity (Wildman–Crippen MR) is 99.5 cm³/mol. The van der Waals surface area contributed by atoms with Crippen LogP contribution in [-0.4, -0.2) is 27.9 Å². The summed E-state index contributed by atoms with van der Waals surface area (Å²) in [5.74, 6) is 0.324. The molecular formula is C15H12IN3O7. The molecule has 0 spiro atoms. The largest absolute Gasteiger partial charge is 0.490 e. The van der Waals surface area contributed by atoms with E-state index in [9.17, 15) is 20.2 Å². The number of oxime groups is 1. The summed E-state index contributed by atoms with van der Waals surface area (Å²) < 4.78 is 11.7. The molecule has 0 aliphatic heterocycles.